The van der Waals surface area contributed by atoms with E-state index in [9.17, 15) is 10.2 Å². The fraction of sp³-hybridized carbons (Fsp3) is 0.143. The number of hydrogen-bond donors (Lipinski definition) is 2. The number of benzene rings is 2. The predicted molar refractivity (Wildman–Crippen MR) is 72.5 cm³/mol. The summed E-state index contributed by atoms with van der Waals surface area (Å²) in [6.45, 7) is 0.320. The molecule has 0 aliphatic heterocycles. The van der Waals surface area contributed by atoms with Gasteiger partial charge in [-0.05, 0) is 39.7 Å². The molecular formula is C14H13BrO3. The number of phenolic OH excluding ortho intramolecular Hbond substituents is 1. The summed E-state index contributed by atoms with van der Waals surface area (Å²) in [5.74, 6) is 0.878. The summed E-state index contributed by atoms with van der Waals surface area (Å²) < 4.78 is 6.51. The van der Waals surface area contributed by atoms with E-state index in [1.54, 1.807) is 24.3 Å². The molecule has 18 heavy (non-hydrogen) atoms. The van der Waals surface area contributed by atoms with Crippen LogP contribution in [-0.4, -0.2) is 10.2 Å². The van der Waals surface area contributed by atoms with Crippen molar-refractivity contribution in [3.05, 3.63) is 58.1 Å². The van der Waals surface area contributed by atoms with Gasteiger partial charge in [-0.1, -0.05) is 24.3 Å². The Kier molecular flexibility index (Phi) is 4.23. The van der Waals surface area contributed by atoms with Gasteiger partial charge in [0.05, 0.1) is 11.1 Å². The Morgan fingerprint density at radius 3 is 2.44 bits per heavy atom. The number of rotatable bonds is 4. The SMILES string of the molecule is OCc1cccc(Br)c1OCc1ccc(O)cc1. The van der Waals surface area contributed by atoms with E-state index in [1.165, 1.54) is 0 Å². The Balaban J connectivity index is 2.12. The second-order valence-electron chi connectivity index (χ2n) is 3.84. The average molecular weight is 309 g/mol. The molecule has 2 rings (SSSR count). The van der Waals surface area contributed by atoms with Crippen molar-refractivity contribution in [1.29, 1.82) is 0 Å². The molecule has 0 aliphatic carbocycles. The van der Waals surface area contributed by atoms with Gasteiger partial charge in [0.1, 0.15) is 18.1 Å². The van der Waals surface area contributed by atoms with Gasteiger partial charge < -0.3 is 14.9 Å². The maximum absolute atomic E-state index is 9.24. The lowest BCUT2D eigenvalue weighted by atomic mass is 10.2. The van der Waals surface area contributed by atoms with Gasteiger partial charge in [0.25, 0.3) is 0 Å². The number of para-hydroxylation sites is 1. The number of phenols is 1. The maximum atomic E-state index is 9.24. The van der Waals surface area contributed by atoms with Crippen molar-refractivity contribution in [3.63, 3.8) is 0 Å². The van der Waals surface area contributed by atoms with Crippen molar-refractivity contribution in [2.45, 2.75) is 13.2 Å². The third-order valence-corrected chi connectivity index (χ3v) is 3.16. The molecule has 0 saturated carbocycles. The Hall–Kier alpha value is -1.52. The zero-order chi connectivity index (χ0) is 13.0. The smallest absolute Gasteiger partial charge is 0.139 e. The molecule has 2 aromatic carbocycles. The lowest BCUT2D eigenvalue weighted by molar-refractivity contribution is 0.258. The van der Waals surface area contributed by atoms with Crippen LogP contribution in [0.5, 0.6) is 11.5 Å². The van der Waals surface area contributed by atoms with Crippen LogP contribution in [0.15, 0.2) is 46.9 Å². The molecule has 0 heterocycles. The third kappa shape index (κ3) is 3.03. The molecule has 94 valence electrons. The first-order valence-corrected chi connectivity index (χ1v) is 6.29. The highest BCUT2D eigenvalue weighted by Crippen LogP contribution is 2.29. The average Bonchev–Trinajstić information content (AvgIpc) is 2.39. The summed E-state index contributed by atoms with van der Waals surface area (Å²) in [4.78, 5) is 0. The maximum Gasteiger partial charge on any atom is 0.139 e. The molecule has 0 aromatic heterocycles. The first-order chi connectivity index (χ1) is 8.70. The first-order valence-electron chi connectivity index (χ1n) is 5.49. The molecule has 0 radical (unpaired) electrons. The van der Waals surface area contributed by atoms with Gasteiger partial charge in [-0.25, -0.2) is 0 Å². The Bertz CT molecular complexity index is 523. The molecule has 4 heteroatoms. The standard InChI is InChI=1S/C14H13BrO3/c15-13-3-1-2-11(8-16)14(13)18-9-10-4-6-12(17)7-5-10/h1-7,16-17H,8-9H2. The van der Waals surface area contributed by atoms with Crippen LogP contribution in [0.4, 0.5) is 0 Å². The van der Waals surface area contributed by atoms with Crippen LogP contribution in [-0.2, 0) is 13.2 Å². The summed E-state index contributed by atoms with van der Waals surface area (Å²) in [6, 6.07) is 12.4. The number of aromatic hydroxyl groups is 1. The number of halogens is 1. The Labute approximate surface area is 114 Å². The van der Waals surface area contributed by atoms with Crippen LogP contribution in [0.25, 0.3) is 0 Å². The van der Waals surface area contributed by atoms with Crippen LogP contribution in [0, 0.1) is 0 Å². The van der Waals surface area contributed by atoms with Crippen molar-refractivity contribution < 1.29 is 14.9 Å². The second kappa shape index (κ2) is 5.89. The van der Waals surface area contributed by atoms with Gasteiger partial charge in [0.15, 0.2) is 0 Å². The first kappa shape index (κ1) is 12.9. The number of aliphatic hydroxyl groups excluding tert-OH is 1. The van der Waals surface area contributed by atoms with Crippen molar-refractivity contribution in [2.75, 3.05) is 0 Å². The molecule has 2 aromatic rings. The van der Waals surface area contributed by atoms with Gasteiger partial charge in [-0.15, -0.1) is 0 Å². The molecule has 0 saturated heterocycles. The summed E-state index contributed by atoms with van der Waals surface area (Å²) >= 11 is 3.40. The predicted octanol–water partition coefficient (Wildman–Crippen LogP) is 3.23. The lowest BCUT2D eigenvalue weighted by Crippen LogP contribution is -1.99. The highest BCUT2D eigenvalue weighted by atomic mass is 79.9. The molecular weight excluding hydrogens is 296 g/mol. The van der Waals surface area contributed by atoms with Gasteiger partial charge in [-0.3, -0.25) is 0 Å². The quantitative estimate of drug-likeness (QED) is 0.911. The molecule has 3 nitrogen and oxygen atoms in total. The summed E-state index contributed by atoms with van der Waals surface area (Å²) in [5, 5.41) is 18.4. The minimum Gasteiger partial charge on any atom is -0.508 e. The third-order valence-electron chi connectivity index (χ3n) is 2.54. The number of aliphatic hydroxyl groups is 1. The Morgan fingerprint density at radius 2 is 1.78 bits per heavy atom. The van der Waals surface area contributed by atoms with Gasteiger partial charge in [0, 0.05) is 5.56 Å². The molecule has 0 unspecified atom stereocenters. The van der Waals surface area contributed by atoms with Crippen LogP contribution in [0.2, 0.25) is 0 Å². The number of ether oxygens (including phenoxy) is 1. The van der Waals surface area contributed by atoms with E-state index in [0.29, 0.717) is 12.4 Å². The Morgan fingerprint density at radius 1 is 1.06 bits per heavy atom. The summed E-state index contributed by atoms with van der Waals surface area (Å²) in [7, 11) is 0. The normalized spacial score (nSPS) is 10.3. The highest BCUT2D eigenvalue weighted by molar-refractivity contribution is 9.10. The van der Waals surface area contributed by atoms with Gasteiger partial charge in [0.2, 0.25) is 0 Å². The zero-order valence-electron chi connectivity index (χ0n) is 9.64. The van der Waals surface area contributed by atoms with E-state index in [0.717, 1.165) is 15.6 Å². The minimum atomic E-state index is -0.0651. The van der Waals surface area contributed by atoms with E-state index in [2.05, 4.69) is 15.9 Å². The van der Waals surface area contributed by atoms with Crippen LogP contribution in [0.1, 0.15) is 11.1 Å². The van der Waals surface area contributed by atoms with Gasteiger partial charge in [-0.2, -0.15) is 0 Å². The fourth-order valence-electron chi connectivity index (χ4n) is 1.59. The van der Waals surface area contributed by atoms with Crippen LogP contribution in [0.3, 0.4) is 0 Å². The lowest BCUT2D eigenvalue weighted by Gasteiger charge is -2.12. The summed E-state index contributed by atoms with van der Waals surface area (Å²) in [6.07, 6.45) is 0. The fourth-order valence-corrected chi connectivity index (χ4v) is 2.11. The number of hydrogen-bond acceptors (Lipinski definition) is 3. The van der Waals surface area contributed by atoms with E-state index >= 15 is 0 Å². The van der Waals surface area contributed by atoms with Gasteiger partial charge >= 0.3 is 0 Å². The van der Waals surface area contributed by atoms with Crippen LogP contribution < -0.4 is 4.74 Å². The van der Waals surface area contributed by atoms with E-state index in [1.807, 2.05) is 18.2 Å². The molecule has 0 fully saturated rings. The van der Waals surface area contributed by atoms with E-state index in [4.69, 9.17) is 4.74 Å². The molecule has 0 bridgehead atoms. The second-order valence-corrected chi connectivity index (χ2v) is 4.70. The molecule has 0 aliphatic rings. The minimum absolute atomic E-state index is 0.0651. The van der Waals surface area contributed by atoms with Crippen molar-refractivity contribution in [1.82, 2.24) is 0 Å². The monoisotopic (exact) mass is 308 g/mol. The molecule has 0 amide bonds. The molecule has 0 spiro atoms. The van der Waals surface area contributed by atoms with E-state index in [-0.39, 0.29) is 12.4 Å². The van der Waals surface area contributed by atoms with Crippen LogP contribution >= 0.6 is 15.9 Å². The molecule has 0 atom stereocenters. The molecule has 2 N–H and O–H groups in total. The van der Waals surface area contributed by atoms with Crippen molar-refractivity contribution >= 4 is 15.9 Å². The van der Waals surface area contributed by atoms with E-state index < -0.39 is 0 Å². The highest BCUT2D eigenvalue weighted by Gasteiger charge is 2.07. The zero-order valence-corrected chi connectivity index (χ0v) is 11.2. The largest absolute Gasteiger partial charge is 0.508 e. The van der Waals surface area contributed by atoms with Crippen molar-refractivity contribution in [2.24, 2.45) is 0 Å². The topological polar surface area (TPSA) is 49.7 Å². The summed E-state index contributed by atoms with van der Waals surface area (Å²) in [5.41, 5.74) is 1.69. The van der Waals surface area contributed by atoms with Crippen molar-refractivity contribution in [3.8, 4) is 11.5 Å².